The van der Waals surface area contributed by atoms with Gasteiger partial charge in [0, 0.05) is 4.47 Å². The van der Waals surface area contributed by atoms with Gasteiger partial charge in [0.15, 0.2) is 6.33 Å². The molecule has 0 bridgehead atoms. The van der Waals surface area contributed by atoms with Gasteiger partial charge >= 0.3 is 0 Å². The smallest absolute Gasteiger partial charge is 0.210 e. The molecule has 0 aromatic heterocycles. The lowest BCUT2D eigenvalue weighted by atomic mass is 10.4. The van der Waals surface area contributed by atoms with Gasteiger partial charge in [0.1, 0.15) is 0 Å². The standard InChI is InChI=1S/C6H5Br.C2HF3/c7-6-4-2-1-3-5-6;3-1-2(4)5/h1-5H;1H. The third-order valence-electron chi connectivity index (χ3n) is 0.816. The first-order chi connectivity index (χ1) is 5.66. The molecule has 1 aromatic carbocycles. The zero-order valence-corrected chi connectivity index (χ0v) is 7.56. The van der Waals surface area contributed by atoms with E-state index in [4.69, 9.17) is 0 Å². The van der Waals surface area contributed by atoms with E-state index in [0.717, 1.165) is 4.47 Å². The summed E-state index contributed by atoms with van der Waals surface area (Å²) < 4.78 is 31.8. The molecule has 0 atom stereocenters. The van der Waals surface area contributed by atoms with E-state index in [1.54, 1.807) is 0 Å². The van der Waals surface area contributed by atoms with Crippen LogP contribution in [0.5, 0.6) is 0 Å². The molecule has 0 N–H and O–H groups in total. The lowest BCUT2D eigenvalue weighted by molar-refractivity contribution is 0.400. The SMILES string of the molecule is Brc1ccccc1.FC=C(F)F. The molecule has 0 fully saturated rings. The quantitative estimate of drug-likeness (QED) is 0.638. The van der Waals surface area contributed by atoms with Crippen molar-refractivity contribution < 1.29 is 13.2 Å². The number of hydrogen-bond acceptors (Lipinski definition) is 0. The van der Waals surface area contributed by atoms with Crippen LogP contribution in [0.3, 0.4) is 0 Å². The van der Waals surface area contributed by atoms with E-state index in [1.165, 1.54) is 0 Å². The Morgan fingerprint density at radius 3 is 1.75 bits per heavy atom. The van der Waals surface area contributed by atoms with Gasteiger partial charge < -0.3 is 0 Å². The van der Waals surface area contributed by atoms with Crippen LogP contribution in [-0.2, 0) is 0 Å². The summed E-state index contributed by atoms with van der Waals surface area (Å²) in [7, 11) is 0. The highest BCUT2D eigenvalue weighted by Crippen LogP contribution is 2.05. The van der Waals surface area contributed by atoms with Crippen molar-refractivity contribution in [3.8, 4) is 0 Å². The Morgan fingerprint density at radius 1 is 1.17 bits per heavy atom. The molecule has 0 aliphatic carbocycles. The second-order valence-electron chi connectivity index (χ2n) is 1.69. The summed E-state index contributed by atoms with van der Waals surface area (Å²) >= 11 is 3.31. The Labute approximate surface area is 76.8 Å². The summed E-state index contributed by atoms with van der Waals surface area (Å²) in [5, 5.41) is 0. The molecule has 1 aromatic rings. The Bertz CT molecular complexity index is 229. The summed E-state index contributed by atoms with van der Waals surface area (Å²) in [6.45, 7) is 0. The maximum atomic E-state index is 10.2. The van der Waals surface area contributed by atoms with E-state index in [9.17, 15) is 13.2 Å². The minimum Gasteiger partial charge on any atom is -0.210 e. The highest BCUT2D eigenvalue weighted by atomic mass is 79.9. The molecule has 0 nitrogen and oxygen atoms in total. The fourth-order valence-corrected chi connectivity index (χ4v) is 0.720. The molecule has 0 unspecified atom stereocenters. The fourth-order valence-electron chi connectivity index (χ4n) is 0.415. The first-order valence-corrected chi connectivity index (χ1v) is 3.78. The van der Waals surface area contributed by atoms with Crippen LogP contribution in [-0.4, -0.2) is 0 Å². The molecule has 0 saturated heterocycles. The summed E-state index contributed by atoms with van der Waals surface area (Å²) in [5.74, 6) is 0. The molecule has 0 saturated carbocycles. The second kappa shape index (κ2) is 6.91. The summed E-state index contributed by atoms with van der Waals surface area (Å²) in [4.78, 5) is 0. The Balaban J connectivity index is 0.000000217. The van der Waals surface area contributed by atoms with Gasteiger partial charge in [-0.05, 0) is 12.1 Å². The normalized spacial score (nSPS) is 8.00. The maximum Gasteiger partial charge on any atom is 0.298 e. The van der Waals surface area contributed by atoms with Crippen LogP contribution in [0.1, 0.15) is 0 Å². The van der Waals surface area contributed by atoms with Crippen molar-refractivity contribution >= 4 is 15.9 Å². The van der Waals surface area contributed by atoms with Gasteiger partial charge in [-0.2, -0.15) is 8.78 Å². The lowest BCUT2D eigenvalue weighted by Gasteiger charge is -1.80. The minimum absolute atomic E-state index is 0.750. The zero-order chi connectivity index (χ0) is 9.40. The third-order valence-corrected chi connectivity index (χ3v) is 1.34. The number of halogens is 4. The first-order valence-electron chi connectivity index (χ1n) is 2.98. The van der Waals surface area contributed by atoms with Gasteiger partial charge in [-0.15, -0.1) is 0 Å². The van der Waals surface area contributed by atoms with E-state index >= 15 is 0 Å². The van der Waals surface area contributed by atoms with Gasteiger partial charge in [0.05, 0.1) is 0 Å². The third kappa shape index (κ3) is 7.34. The van der Waals surface area contributed by atoms with Crippen LogP contribution >= 0.6 is 15.9 Å². The van der Waals surface area contributed by atoms with Crippen molar-refractivity contribution in [2.24, 2.45) is 0 Å². The van der Waals surface area contributed by atoms with Gasteiger partial charge in [0.2, 0.25) is 0 Å². The van der Waals surface area contributed by atoms with Crippen molar-refractivity contribution in [1.82, 2.24) is 0 Å². The predicted molar refractivity (Wildman–Crippen MR) is 45.5 cm³/mol. The molecular formula is C8H6BrF3. The minimum atomic E-state index is -2.29. The van der Waals surface area contributed by atoms with Crippen molar-refractivity contribution in [2.45, 2.75) is 0 Å². The number of rotatable bonds is 0. The molecule has 66 valence electrons. The van der Waals surface area contributed by atoms with E-state index in [1.807, 2.05) is 30.3 Å². The predicted octanol–water partition coefficient (Wildman–Crippen LogP) is 4.14. The molecular weight excluding hydrogens is 233 g/mol. The maximum absolute atomic E-state index is 10.2. The molecule has 0 spiro atoms. The molecule has 4 heteroatoms. The van der Waals surface area contributed by atoms with Crippen LogP contribution in [0.4, 0.5) is 13.2 Å². The topological polar surface area (TPSA) is 0 Å². The average molecular weight is 239 g/mol. The molecule has 0 aliphatic heterocycles. The zero-order valence-electron chi connectivity index (χ0n) is 5.98. The van der Waals surface area contributed by atoms with Gasteiger partial charge in [-0.25, -0.2) is 4.39 Å². The molecule has 12 heavy (non-hydrogen) atoms. The molecule has 0 radical (unpaired) electrons. The summed E-state index contributed by atoms with van der Waals surface area (Å²) in [6, 6.07) is 9.97. The van der Waals surface area contributed by atoms with Crippen molar-refractivity contribution in [3.05, 3.63) is 47.2 Å². The second-order valence-corrected chi connectivity index (χ2v) is 2.61. The highest BCUT2D eigenvalue weighted by molar-refractivity contribution is 9.10. The number of benzene rings is 1. The van der Waals surface area contributed by atoms with E-state index in [2.05, 4.69) is 15.9 Å². The van der Waals surface area contributed by atoms with Crippen LogP contribution in [0.15, 0.2) is 47.2 Å². The van der Waals surface area contributed by atoms with Crippen LogP contribution in [0.25, 0.3) is 0 Å². The monoisotopic (exact) mass is 238 g/mol. The van der Waals surface area contributed by atoms with Crippen LogP contribution in [0, 0.1) is 0 Å². The number of hydrogen-bond donors (Lipinski definition) is 0. The molecule has 1 rings (SSSR count). The summed E-state index contributed by atoms with van der Waals surface area (Å²) in [5.41, 5.74) is 0. The van der Waals surface area contributed by atoms with Crippen LogP contribution < -0.4 is 0 Å². The molecule has 0 amide bonds. The largest absolute Gasteiger partial charge is 0.298 e. The average Bonchev–Trinajstić information content (AvgIpc) is 2.07. The van der Waals surface area contributed by atoms with Crippen molar-refractivity contribution in [3.63, 3.8) is 0 Å². The van der Waals surface area contributed by atoms with Gasteiger partial charge in [0.25, 0.3) is 6.08 Å². The summed E-state index contributed by atoms with van der Waals surface area (Å²) in [6.07, 6.45) is -3.04. The van der Waals surface area contributed by atoms with Crippen molar-refractivity contribution in [2.75, 3.05) is 0 Å². The Kier molecular flexibility index (Phi) is 6.47. The van der Waals surface area contributed by atoms with E-state index in [-0.39, 0.29) is 0 Å². The van der Waals surface area contributed by atoms with Crippen molar-refractivity contribution in [1.29, 1.82) is 0 Å². The first kappa shape index (κ1) is 11.2. The van der Waals surface area contributed by atoms with E-state index < -0.39 is 12.4 Å². The molecule has 0 aliphatic rings. The van der Waals surface area contributed by atoms with Crippen LogP contribution in [0.2, 0.25) is 0 Å². The van der Waals surface area contributed by atoms with Gasteiger partial charge in [-0.1, -0.05) is 34.1 Å². The Hall–Kier alpha value is -0.770. The fraction of sp³-hybridized carbons (Fsp3) is 0. The lowest BCUT2D eigenvalue weighted by Crippen LogP contribution is -1.55. The Morgan fingerprint density at radius 2 is 1.58 bits per heavy atom. The van der Waals surface area contributed by atoms with E-state index in [0.29, 0.717) is 0 Å². The van der Waals surface area contributed by atoms with Gasteiger partial charge in [-0.3, -0.25) is 0 Å². The molecule has 0 heterocycles. The highest BCUT2D eigenvalue weighted by Gasteiger charge is 1.78.